The van der Waals surface area contributed by atoms with E-state index in [1.807, 2.05) is 72.9 Å². The average molecular weight is 717 g/mol. The van der Waals surface area contributed by atoms with Gasteiger partial charge in [-0.2, -0.15) is 0 Å². The zero-order valence-corrected chi connectivity index (χ0v) is 30.2. The fourth-order valence-electron chi connectivity index (χ4n) is 8.01. The molecule has 0 radical (unpaired) electrons. The Bertz CT molecular complexity index is 3180. The summed E-state index contributed by atoms with van der Waals surface area (Å²) in [7, 11) is 0. The van der Waals surface area contributed by atoms with E-state index in [2.05, 4.69) is 130 Å². The third kappa shape index (κ3) is 5.27. The van der Waals surface area contributed by atoms with Crippen LogP contribution in [0.1, 0.15) is 0 Å². The fraction of sp³-hybridized carbons (Fsp3) is 0. The predicted octanol–water partition coefficient (Wildman–Crippen LogP) is 12.1. The number of para-hydroxylation sites is 2. The Morgan fingerprint density at radius 2 is 0.857 bits per heavy atom. The Labute approximate surface area is 322 Å². The van der Waals surface area contributed by atoms with E-state index in [1.165, 1.54) is 16.2 Å². The fourth-order valence-corrected chi connectivity index (χ4v) is 8.01. The summed E-state index contributed by atoms with van der Waals surface area (Å²) in [5.74, 6) is 1.91. The minimum absolute atomic E-state index is 0.626. The second kappa shape index (κ2) is 13.0. The molecule has 0 fully saturated rings. The molecule has 0 unspecified atom stereocenters. The second-order valence-electron chi connectivity index (χ2n) is 14.0. The van der Waals surface area contributed by atoms with Gasteiger partial charge in [0.15, 0.2) is 17.5 Å². The van der Waals surface area contributed by atoms with E-state index in [0.29, 0.717) is 17.5 Å². The zero-order chi connectivity index (χ0) is 37.0. The van der Waals surface area contributed by atoms with Crippen LogP contribution in [-0.2, 0) is 0 Å². The molecule has 6 heteroatoms. The van der Waals surface area contributed by atoms with Crippen LogP contribution in [0, 0.1) is 0 Å². The topological polar surface area (TPSA) is 61.4 Å². The van der Waals surface area contributed by atoms with Gasteiger partial charge in [-0.05, 0) is 71.8 Å². The van der Waals surface area contributed by atoms with E-state index < -0.39 is 0 Å². The molecule has 4 aromatic heterocycles. The summed E-state index contributed by atoms with van der Waals surface area (Å²) in [6.45, 7) is 0. The molecule has 0 saturated heterocycles. The number of nitrogens with zero attached hydrogens (tertiary/aromatic N) is 6. The maximum atomic E-state index is 5.02. The summed E-state index contributed by atoms with van der Waals surface area (Å²) in [6, 6.07) is 65.6. The first-order valence-electron chi connectivity index (χ1n) is 18.7. The minimum atomic E-state index is 0.626. The Morgan fingerprint density at radius 1 is 0.304 bits per heavy atom. The number of rotatable bonds is 6. The molecule has 0 atom stereocenters. The van der Waals surface area contributed by atoms with Gasteiger partial charge in [0.2, 0.25) is 0 Å². The molecule has 56 heavy (non-hydrogen) atoms. The van der Waals surface area contributed by atoms with Crippen molar-refractivity contribution in [2.75, 3.05) is 0 Å². The SMILES string of the molecule is c1ccc(-c2nc(-c3ccccc3)nc(-c3cccc(-n4c5ccccc5c5cc(-c6ccc7c8cccnc8n(-c8ccccc8)c7c6)ccc54)c3)n2)cc1. The molecular weight excluding hydrogens is 685 g/mol. The van der Waals surface area contributed by atoms with Crippen molar-refractivity contribution >= 4 is 43.7 Å². The molecule has 262 valence electrons. The average Bonchev–Trinajstić information content (AvgIpc) is 3.79. The Morgan fingerprint density at radius 3 is 1.61 bits per heavy atom. The molecule has 7 aromatic carbocycles. The van der Waals surface area contributed by atoms with E-state index in [1.54, 1.807) is 0 Å². The van der Waals surface area contributed by atoms with Crippen LogP contribution >= 0.6 is 0 Å². The molecule has 11 rings (SSSR count). The molecule has 0 N–H and O–H groups in total. The molecule has 6 nitrogen and oxygen atoms in total. The van der Waals surface area contributed by atoms with Crippen molar-refractivity contribution in [3.8, 4) is 56.7 Å². The normalized spacial score (nSPS) is 11.6. The molecule has 0 spiro atoms. The zero-order valence-electron chi connectivity index (χ0n) is 30.2. The highest BCUT2D eigenvalue weighted by molar-refractivity contribution is 6.12. The van der Waals surface area contributed by atoms with Crippen LogP contribution in [0.25, 0.3) is 100 Å². The molecular formula is C50H32N6. The molecule has 0 aliphatic heterocycles. The number of pyridine rings is 1. The minimum Gasteiger partial charge on any atom is -0.309 e. The van der Waals surface area contributed by atoms with Gasteiger partial charge in [0.1, 0.15) is 5.65 Å². The summed E-state index contributed by atoms with van der Waals surface area (Å²) in [5.41, 5.74) is 11.6. The van der Waals surface area contributed by atoms with Crippen LogP contribution in [0.2, 0.25) is 0 Å². The van der Waals surface area contributed by atoms with Crippen molar-refractivity contribution < 1.29 is 0 Å². The Kier molecular flexibility index (Phi) is 7.38. The van der Waals surface area contributed by atoms with Crippen molar-refractivity contribution in [2.24, 2.45) is 0 Å². The van der Waals surface area contributed by atoms with Gasteiger partial charge < -0.3 is 4.57 Å². The van der Waals surface area contributed by atoms with Gasteiger partial charge in [0, 0.05) is 55.8 Å². The molecule has 0 aliphatic carbocycles. The van der Waals surface area contributed by atoms with Gasteiger partial charge in [-0.3, -0.25) is 4.57 Å². The lowest BCUT2D eigenvalue weighted by molar-refractivity contribution is 1.07. The lowest BCUT2D eigenvalue weighted by atomic mass is 10.0. The molecule has 0 saturated carbocycles. The first kappa shape index (κ1) is 31.8. The largest absolute Gasteiger partial charge is 0.309 e. The van der Waals surface area contributed by atoms with E-state index in [-0.39, 0.29) is 0 Å². The molecule has 0 aliphatic rings. The monoisotopic (exact) mass is 716 g/mol. The number of fused-ring (bicyclic) bond motifs is 6. The highest BCUT2D eigenvalue weighted by atomic mass is 15.1. The lowest BCUT2D eigenvalue weighted by Gasteiger charge is -2.12. The van der Waals surface area contributed by atoms with Crippen LogP contribution in [0.5, 0.6) is 0 Å². The second-order valence-corrected chi connectivity index (χ2v) is 14.0. The van der Waals surface area contributed by atoms with Crippen LogP contribution < -0.4 is 0 Å². The highest BCUT2D eigenvalue weighted by Gasteiger charge is 2.18. The first-order valence-corrected chi connectivity index (χ1v) is 18.7. The third-order valence-corrected chi connectivity index (χ3v) is 10.6. The number of aromatic nitrogens is 6. The molecule has 0 amide bonds. The smallest absolute Gasteiger partial charge is 0.164 e. The van der Waals surface area contributed by atoms with Gasteiger partial charge in [0.25, 0.3) is 0 Å². The number of hydrogen-bond donors (Lipinski definition) is 0. The highest BCUT2D eigenvalue weighted by Crippen LogP contribution is 2.38. The van der Waals surface area contributed by atoms with Crippen molar-refractivity contribution in [3.63, 3.8) is 0 Å². The van der Waals surface area contributed by atoms with Gasteiger partial charge in [-0.1, -0.05) is 127 Å². The summed E-state index contributed by atoms with van der Waals surface area (Å²) < 4.78 is 4.61. The van der Waals surface area contributed by atoms with Gasteiger partial charge in [0.05, 0.1) is 16.6 Å². The quantitative estimate of drug-likeness (QED) is 0.172. The van der Waals surface area contributed by atoms with Gasteiger partial charge in [-0.25, -0.2) is 19.9 Å². The summed E-state index contributed by atoms with van der Waals surface area (Å²) in [4.78, 5) is 19.7. The maximum Gasteiger partial charge on any atom is 0.164 e. The standard InChI is InChI=1S/C50H32N6/c1-4-14-33(15-5-1)47-52-48(34-16-6-2-7-17-34)54-49(53-47)37-18-12-21-39(30-37)55-44-24-11-10-22-40(44)43-31-35(26-28-45(43)55)36-25-27-41-42-23-13-29-51-50(42)56(46(41)32-36)38-19-8-3-9-20-38/h1-32H. The Hall–Kier alpha value is -7.70. The van der Waals surface area contributed by atoms with Crippen LogP contribution in [0.4, 0.5) is 0 Å². The lowest BCUT2D eigenvalue weighted by Crippen LogP contribution is -2.01. The van der Waals surface area contributed by atoms with Crippen molar-refractivity contribution in [1.82, 2.24) is 29.1 Å². The number of hydrogen-bond acceptors (Lipinski definition) is 4. The van der Waals surface area contributed by atoms with Crippen molar-refractivity contribution in [2.45, 2.75) is 0 Å². The summed E-state index contributed by atoms with van der Waals surface area (Å²) in [5, 5.41) is 4.70. The molecule has 0 bridgehead atoms. The van der Waals surface area contributed by atoms with Crippen LogP contribution in [0.15, 0.2) is 194 Å². The summed E-state index contributed by atoms with van der Waals surface area (Å²) >= 11 is 0. The van der Waals surface area contributed by atoms with E-state index in [9.17, 15) is 0 Å². The predicted molar refractivity (Wildman–Crippen MR) is 228 cm³/mol. The van der Waals surface area contributed by atoms with E-state index >= 15 is 0 Å². The maximum absolute atomic E-state index is 5.02. The van der Waals surface area contributed by atoms with Crippen LogP contribution in [-0.4, -0.2) is 29.1 Å². The van der Waals surface area contributed by atoms with E-state index in [4.69, 9.17) is 19.9 Å². The van der Waals surface area contributed by atoms with E-state index in [0.717, 1.165) is 66.8 Å². The van der Waals surface area contributed by atoms with Crippen molar-refractivity contribution in [1.29, 1.82) is 0 Å². The van der Waals surface area contributed by atoms with Crippen molar-refractivity contribution in [3.05, 3.63) is 194 Å². The van der Waals surface area contributed by atoms with Crippen LogP contribution in [0.3, 0.4) is 0 Å². The number of benzene rings is 7. The molecule has 11 aromatic rings. The van der Waals surface area contributed by atoms with Gasteiger partial charge in [-0.15, -0.1) is 0 Å². The Balaban J connectivity index is 1.06. The summed E-state index contributed by atoms with van der Waals surface area (Å²) in [6.07, 6.45) is 1.87. The first-order chi connectivity index (χ1) is 27.8. The molecule has 4 heterocycles. The third-order valence-electron chi connectivity index (χ3n) is 10.6. The van der Waals surface area contributed by atoms with Gasteiger partial charge >= 0.3 is 0 Å².